The van der Waals surface area contributed by atoms with E-state index in [2.05, 4.69) is 0 Å². The Morgan fingerprint density at radius 3 is 0.857 bits per heavy atom. The topological polar surface area (TPSA) is 80.9 Å². The van der Waals surface area contributed by atoms with E-state index >= 15 is 0 Å². The van der Waals surface area contributed by atoms with Gasteiger partial charge >= 0.3 is 32.9 Å². The third-order valence-corrected chi connectivity index (χ3v) is 0. The van der Waals surface area contributed by atoms with Crippen molar-refractivity contribution in [2.45, 2.75) is 0 Å². The Morgan fingerprint density at radius 2 is 0.857 bits per heavy atom. The van der Waals surface area contributed by atoms with Crippen LogP contribution in [0.4, 0.5) is 0 Å². The maximum absolute atomic E-state index is 7.38. The second kappa shape index (κ2) is 5.87. The molecule has 4 nitrogen and oxygen atoms in total. The van der Waals surface area contributed by atoms with Gasteiger partial charge in [-0.1, -0.05) is 0 Å². The van der Waals surface area contributed by atoms with E-state index in [1.165, 1.54) is 0 Å². The summed E-state index contributed by atoms with van der Waals surface area (Å²) >= 11 is -5.00. The van der Waals surface area contributed by atoms with E-state index < -0.39 is 18.1 Å². The van der Waals surface area contributed by atoms with Gasteiger partial charge in [0, 0.05) is 37.6 Å². The molecule has 0 rings (SSSR count). The summed E-state index contributed by atoms with van der Waals surface area (Å²) in [4.78, 5) is 0. The Hall–Kier alpha value is 1.74. The molecule has 0 aromatic carbocycles. The molecule has 0 saturated carbocycles. The van der Waals surface area contributed by atoms with Crippen molar-refractivity contribution in [1.29, 1.82) is 0 Å². The minimum Gasteiger partial charge on any atom is 0 e. The zero-order valence-corrected chi connectivity index (χ0v) is 8.50. The van der Waals surface area contributed by atoms with Gasteiger partial charge in [0.25, 0.3) is 0 Å². The molecule has 0 aromatic heterocycles. The van der Waals surface area contributed by atoms with Crippen molar-refractivity contribution in [3.05, 3.63) is 0 Å². The summed E-state index contributed by atoms with van der Waals surface area (Å²) in [6.07, 6.45) is 0. The molecule has 48 valence electrons. The Morgan fingerprint density at radius 1 is 0.857 bits per heavy atom. The van der Waals surface area contributed by atoms with E-state index in [1.807, 2.05) is 0 Å². The van der Waals surface area contributed by atoms with Crippen LogP contribution in [0.5, 0.6) is 0 Å². The second-order valence-electron chi connectivity index (χ2n) is 0.600. The molecule has 0 aliphatic carbocycles. The van der Waals surface area contributed by atoms with Crippen LogP contribution >= 0.6 is 0 Å². The van der Waals surface area contributed by atoms with Gasteiger partial charge < -0.3 is 0 Å². The summed E-state index contributed by atoms with van der Waals surface area (Å²) < 4.78 is 29.5. The first-order chi connectivity index (χ1) is 2.00. The van der Waals surface area contributed by atoms with Crippen molar-refractivity contribution < 1.29 is 70.5 Å². The van der Waals surface area contributed by atoms with Gasteiger partial charge in [0.2, 0.25) is 0 Å². The molecular weight excluding hydrogens is 354 g/mol. The zero-order chi connectivity index (χ0) is 4.50. The first-order valence-corrected chi connectivity index (χ1v) is 3.69. The molecule has 0 aliphatic heterocycles. The molecule has 0 saturated heterocycles. The van der Waals surface area contributed by atoms with Crippen LogP contribution in [-0.4, -0.2) is 14.8 Å². The molecule has 0 heterocycles. The Kier molecular flexibility index (Phi) is 13.3. The Balaban J connectivity index is -0.0000000800. The van der Waals surface area contributed by atoms with Gasteiger partial charge in [-0.25, -0.2) is 0 Å². The molecule has 0 bridgehead atoms. The molecule has 0 aromatic rings. The van der Waals surface area contributed by atoms with E-state index in [9.17, 15) is 0 Å². The molecule has 0 unspecified atom stereocenters. The van der Waals surface area contributed by atoms with Gasteiger partial charge in [-0.2, -0.15) is 0 Å². The molecule has 4 N–H and O–H groups in total. The summed E-state index contributed by atoms with van der Waals surface area (Å²) in [7, 11) is 0. The van der Waals surface area contributed by atoms with Crippen LogP contribution in [-0.2, 0) is 55.7 Å². The number of hydrogen-bond donors (Lipinski definition) is 4. The molecule has 0 spiro atoms. The van der Waals surface area contributed by atoms with Crippen molar-refractivity contribution >= 4 is 0 Å². The molecule has 0 fully saturated rings. The van der Waals surface area contributed by atoms with E-state index in [-0.39, 0.29) is 37.6 Å². The monoisotopic (exact) mass is 358 g/mol. The maximum atomic E-state index is 7.38. The van der Waals surface area contributed by atoms with E-state index in [0.29, 0.717) is 0 Å². The summed E-state index contributed by atoms with van der Waals surface area (Å²) in [5, 5.41) is 0. The Bertz CT molecular complexity index is 27.2. The van der Waals surface area contributed by atoms with Crippen LogP contribution in [0, 0.1) is 0 Å². The third-order valence-electron chi connectivity index (χ3n) is 0. The van der Waals surface area contributed by atoms with Crippen LogP contribution in [0.2, 0.25) is 0 Å². The molecule has 0 radical (unpaired) electrons. The standard InChI is InChI=1S/Ni.4H2O.Ti.W/h;4*1H2;;/q;;;;;+4;/p-4. The first-order valence-electron chi connectivity index (χ1n) is 0.894. The molecule has 0 aliphatic rings. The third kappa shape index (κ3) is 84.5. The fraction of sp³-hybridized carbons (Fsp3) is 0. The van der Waals surface area contributed by atoms with Crippen LogP contribution in [0.15, 0.2) is 0 Å². The minimum atomic E-state index is -5.00. The average molecular weight is 358 g/mol. The van der Waals surface area contributed by atoms with E-state index in [0.717, 1.165) is 0 Å². The number of rotatable bonds is 0. The van der Waals surface area contributed by atoms with E-state index in [1.54, 1.807) is 0 Å². The van der Waals surface area contributed by atoms with Crippen molar-refractivity contribution in [1.82, 2.24) is 0 Å². The van der Waals surface area contributed by atoms with Crippen LogP contribution in [0.25, 0.3) is 0 Å². The van der Waals surface area contributed by atoms with Crippen molar-refractivity contribution in [2.24, 2.45) is 0 Å². The van der Waals surface area contributed by atoms with Crippen LogP contribution in [0.3, 0.4) is 0 Å². The summed E-state index contributed by atoms with van der Waals surface area (Å²) in [6.45, 7) is 0. The maximum Gasteiger partial charge on any atom is 0 e. The summed E-state index contributed by atoms with van der Waals surface area (Å²) in [6, 6.07) is 0. The predicted octanol–water partition coefficient (Wildman–Crippen LogP) is -2.24. The van der Waals surface area contributed by atoms with E-state index in [4.69, 9.17) is 14.8 Å². The predicted molar refractivity (Wildman–Crippen MR) is 8.88 cm³/mol. The van der Waals surface area contributed by atoms with Gasteiger partial charge in [0.05, 0.1) is 0 Å². The molecule has 0 amide bonds. The second-order valence-corrected chi connectivity index (χ2v) is 2.47. The van der Waals surface area contributed by atoms with Crippen molar-refractivity contribution in [3.63, 3.8) is 0 Å². The van der Waals surface area contributed by atoms with Crippen LogP contribution < -0.4 is 0 Å². The zero-order valence-electron chi connectivity index (χ0n) is 3.01. The van der Waals surface area contributed by atoms with Gasteiger partial charge in [0.15, 0.2) is 0 Å². The van der Waals surface area contributed by atoms with Gasteiger partial charge in [-0.15, -0.1) is 0 Å². The Labute approximate surface area is 70.0 Å². The quantitative estimate of drug-likeness (QED) is 0.370. The van der Waals surface area contributed by atoms with Crippen molar-refractivity contribution in [3.8, 4) is 0 Å². The van der Waals surface area contributed by atoms with Gasteiger partial charge in [0.1, 0.15) is 0 Å². The minimum absolute atomic E-state index is 0. The molecule has 7 heteroatoms. The molecule has 7 heavy (non-hydrogen) atoms. The normalized spacial score (nSPS) is 8.57. The summed E-state index contributed by atoms with van der Waals surface area (Å²) in [5.41, 5.74) is 0. The average Bonchev–Trinajstić information content (AvgIpc) is 0.722. The molecule has 0 atom stereocenters. The molecular formula is H4NiO4TiW. The largest absolute Gasteiger partial charge is 0 e. The van der Waals surface area contributed by atoms with Gasteiger partial charge in [-0.05, 0) is 0 Å². The smallest absolute Gasteiger partial charge is 0 e. The first kappa shape index (κ1) is 15.9. The van der Waals surface area contributed by atoms with Gasteiger partial charge in [-0.3, -0.25) is 0 Å². The van der Waals surface area contributed by atoms with Crippen molar-refractivity contribution in [2.75, 3.05) is 0 Å². The summed E-state index contributed by atoms with van der Waals surface area (Å²) in [5.74, 6) is 0. The fourth-order valence-electron chi connectivity index (χ4n) is 0. The number of hydrogen-bond acceptors (Lipinski definition) is 4. The fourth-order valence-corrected chi connectivity index (χ4v) is 0. The van der Waals surface area contributed by atoms with Crippen LogP contribution in [0.1, 0.15) is 0 Å². The SMILES string of the molecule is [Ni].[OH][Ti]([OH])([OH])[OH].[W].